The number of nitrogens with zero attached hydrogens (tertiary/aromatic N) is 5. The van der Waals surface area contributed by atoms with Gasteiger partial charge in [0.05, 0.1) is 24.5 Å². The molecule has 0 bridgehead atoms. The maximum Gasteiger partial charge on any atom is 0.227 e. The lowest BCUT2D eigenvalue weighted by atomic mass is 10.0. The van der Waals surface area contributed by atoms with Crippen LogP contribution in [-0.4, -0.2) is 65.7 Å². The molecule has 3 aromatic rings. The van der Waals surface area contributed by atoms with E-state index in [1.54, 1.807) is 13.3 Å². The molecule has 2 aromatic heterocycles. The van der Waals surface area contributed by atoms with Crippen molar-refractivity contribution in [1.82, 2.24) is 24.3 Å². The molecule has 0 saturated carbocycles. The van der Waals surface area contributed by atoms with Crippen LogP contribution in [0.3, 0.4) is 0 Å². The number of para-hydroxylation sites is 1. The van der Waals surface area contributed by atoms with Gasteiger partial charge in [-0.15, -0.1) is 0 Å². The number of aryl methyl sites for hydroxylation is 2. The van der Waals surface area contributed by atoms with Crippen molar-refractivity contribution in [2.75, 3.05) is 46.7 Å². The molecule has 198 valence electrons. The second-order valence-electron chi connectivity index (χ2n) is 10.3. The monoisotopic (exact) mass is 511 g/mol. The Labute approximate surface area is 224 Å². The summed E-state index contributed by atoms with van der Waals surface area (Å²) in [4.78, 5) is 13.9. The third-order valence-electron chi connectivity index (χ3n) is 7.23. The zero-order valence-corrected chi connectivity index (χ0v) is 23.0. The molecule has 1 aliphatic carbocycles. The molecule has 3 N–H and O–H groups in total. The molecule has 8 heteroatoms. The first-order valence-corrected chi connectivity index (χ1v) is 13.1. The molecule has 2 aliphatic rings. The standard InChI is InChI=1S/C30H37N7O/c1-20-11-12-23(36(4)15-14-35(2)3)16-22(31)17-26(20)33-30-32-18-27(38-5)28(34-30)25-19-37-13-7-9-21-8-6-10-24(25)29(21)37/h6,8,10-11,17-19H,7,9,13-16,31H2,1-5H3,(H,32,33,34). The first-order chi connectivity index (χ1) is 18.3. The van der Waals surface area contributed by atoms with Crippen molar-refractivity contribution >= 4 is 16.9 Å². The topological polar surface area (TPSA) is 84.5 Å². The zero-order chi connectivity index (χ0) is 26.8. The second-order valence-corrected chi connectivity index (χ2v) is 10.3. The van der Waals surface area contributed by atoms with Crippen molar-refractivity contribution in [3.8, 4) is 17.0 Å². The molecule has 0 saturated heterocycles. The van der Waals surface area contributed by atoms with E-state index in [1.165, 1.54) is 16.5 Å². The van der Waals surface area contributed by atoms with Gasteiger partial charge in [0, 0.05) is 61.6 Å². The van der Waals surface area contributed by atoms with Crippen LogP contribution < -0.4 is 15.8 Å². The van der Waals surface area contributed by atoms with E-state index in [-0.39, 0.29) is 0 Å². The molecular weight excluding hydrogens is 474 g/mol. The Hall–Kier alpha value is -4.00. The van der Waals surface area contributed by atoms with Crippen molar-refractivity contribution in [3.63, 3.8) is 0 Å². The summed E-state index contributed by atoms with van der Waals surface area (Å²) in [7, 11) is 7.90. The van der Waals surface area contributed by atoms with Gasteiger partial charge in [-0.1, -0.05) is 23.9 Å². The number of aromatic nitrogens is 3. The molecule has 0 unspecified atom stereocenters. The fraction of sp³-hybridized carbons (Fsp3) is 0.367. The van der Waals surface area contributed by atoms with Crippen molar-refractivity contribution in [3.05, 3.63) is 76.7 Å². The Bertz CT molecular complexity index is 1490. The smallest absolute Gasteiger partial charge is 0.227 e. The highest BCUT2D eigenvalue weighted by Crippen LogP contribution is 2.38. The van der Waals surface area contributed by atoms with Crippen LogP contribution in [0.2, 0.25) is 0 Å². The summed E-state index contributed by atoms with van der Waals surface area (Å²) in [6.45, 7) is 4.92. The molecule has 3 heterocycles. The van der Waals surface area contributed by atoms with Crippen molar-refractivity contribution in [2.24, 2.45) is 5.73 Å². The van der Waals surface area contributed by atoms with Gasteiger partial charge in [0.2, 0.25) is 5.95 Å². The van der Waals surface area contributed by atoms with Crippen LogP contribution in [-0.2, 0) is 13.0 Å². The van der Waals surface area contributed by atoms with Gasteiger partial charge in [-0.3, -0.25) is 0 Å². The normalized spacial score (nSPS) is 15.3. The van der Waals surface area contributed by atoms with E-state index in [9.17, 15) is 0 Å². The van der Waals surface area contributed by atoms with E-state index >= 15 is 0 Å². The summed E-state index contributed by atoms with van der Waals surface area (Å²) in [6, 6.07) is 6.52. The number of methoxy groups -OCH3 is 1. The number of allylic oxidation sites excluding steroid dienone is 2. The van der Waals surface area contributed by atoms with Crippen LogP contribution in [0.4, 0.5) is 5.95 Å². The third kappa shape index (κ3) is 5.19. The summed E-state index contributed by atoms with van der Waals surface area (Å²) < 4.78 is 8.03. The second kappa shape index (κ2) is 10.8. The van der Waals surface area contributed by atoms with E-state index in [2.05, 4.69) is 75.9 Å². The van der Waals surface area contributed by atoms with Crippen LogP contribution in [0.25, 0.3) is 22.2 Å². The maximum absolute atomic E-state index is 6.47. The van der Waals surface area contributed by atoms with Gasteiger partial charge in [-0.05, 0) is 57.1 Å². The highest BCUT2D eigenvalue weighted by molar-refractivity contribution is 5.98. The molecular formula is C30H37N7O. The first-order valence-electron chi connectivity index (χ1n) is 13.1. The minimum Gasteiger partial charge on any atom is -0.493 e. The van der Waals surface area contributed by atoms with Crippen molar-refractivity contribution in [1.29, 1.82) is 0 Å². The van der Waals surface area contributed by atoms with E-state index in [1.807, 2.05) is 19.1 Å². The van der Waals surface area contributed by atoms with Gasteiger partial charge >= 0.3 is 0 Å². The Morgan fingerprint density at radius 1 is 1.21 bits per heavy atom. The third-order valence-corrected chi connectivity index (χ3v) is 7.23. The van der Waals surface area contributed by atoms with Crippen LogP contribution in [0.1, 0.15) is 25.3 Å². The number of nitrogens with two attached hydrogens (primary N) is 1. The summed E-state index contributed by atoms with van der Waals surface area (Å²) in [6.07, 6.45) is 10.8. The highest BCUT2D eigenvalue weighted by atomic mass is 16.5. The lowest BCUT2D eigenvalue weighted by molar-refractivity contribution is 0.322. The number of hydrogen-bond donors (Lipinski definition) is 2. The van der Waals surface area contributed by atoms with Gasteiger partial charge < -0.3 is 30.2 Å². The average Bonchev–Trinajstić information content (AvgIpc) is 3.28. The Kier molecular flexibility index (Phi) is 7.27. The predicted molar refractivity (Wildman–Crippen MR) is 154 cm³/mol. The van der Waals surface area contributed by atoms with Gasteiger partial charge in [0.25, 0.3) is 0 Å². The van der Waals surface area contributed by atoms with Crippen LogP contribution in [0.15, 0.2) is 71.1 Å². The van der Waals surface area contributed by atoms with E-state index in [4.69, 9.17) is 15.5 Å². The Morgan fingerprint density at radius 3 is 2.84 bits per heavy atom. The summed E-state index contributed by atoms with van der Waals surface area (Å²) in [5.74, 6) is 1.14. The number of anilines is 1. The van der Waals surface area contributed by atoms with E-state index < -0.39 is 0 Å². The molecule has 0 amide bonds. The molecule has 0 fully saturated rings. The lowest BCUT2D eigenvalue weighted by Gasteiger charge is -2.24. The van der Waals surface area contributed by atoms with Gasteiger partial charge in [0.15, 0.2) is 5.75 Å². The molecule has 1 aliphatic heterocycles. The molecule has 5 rings (SSSR count). The molecule has 0 radical (unpaired) electrons. The molecule has 1 aromatic carbocycles. The average molecular weight is 512 g/mol. The van der Waals surface area contributed by atoms with E-state index in [0.717, 1.165) is 66.4 Å². The number of hydrogen-bond acceptors (Lipinski definition) is 7. The van der Waals surface area contributed by atoms with Crippen molar-refractivity contribution < 1.29 is 4.74 Å². The van der Waals surface area contributed by atoms with Crippen LogP contribution in [0.5, 0.6) is 5.75 Å². The quantitative estimate of drug-likeness (QED) is 0.430. The molecule has 0 atom stereocenters. The molecule has 0 spiro atoms. The molecule has 38 heavy (non-hydrogen) atoms. The summed E-state index contributed by atoms with van der Waals surface area (Å²) >= 11 is 0. The largest absolute Gasteiger partial charge is 0.493 e. The van der Waals surface area contributed by atoms with Crippen molar-refractivity contribution in [2.45, 2.75) is 32.7 Å². The zero-order valence-electron chi connectivity index (χ0n) is 23.0. The van der Waals surface area contributed by atoms with Crippen LogP contribution >= 0.6 is 0 Å². The number of likely N-dealkylation sites (N-methyl/N-ethyl adjacent to an activating group) is 2. The van der Waals surface area contributed by atoms with Gasteiger partial charge in [0.1, 0.15) is 5.69 Å². The SMILES string of the molecule is COc1cnc(NC2=C(C)C=C=C(N(C)CCN(C)C)CC(N)=C2)nc1-c1cn2c3c(cccc13)CCC2. The number of benzene rings is 1. The van der Waals surface area contributed by atoms with Crippen LogP contribution in [0, 0.1) is 0 Å². The number of nitrogens with one attached hydrogen (secondary N) is 1. The fourth-order valence-electron chi connectivity index (χ4n) is 5.07. The fourth-order valence-corrected chi connectivity index (χ4v) is 5.07. The Balaban J connectivity index is 1.49. The van der Waals surface area contributed by atoms with E-state index in [0.29, 0.717) is 18.1 Å². The molecule has 8 nitrogen and oxygen atoms in total. The first kappa shape index (κ1) is 25.6. The number of ether oxygens (including phenoxy) is 1. The Morgan fingerprint density at radius 2 is 2.05 bits per heavy atom. The van der Waals surface area contributed by atoms with Gasteiger partial charge in [-0.25, -0.2) is 9.97 Å². The summed E-state index contributed by atoms with van der Waals surface area (Å²) in [5.41, 5.74) is 18.1. The number of rotatable bonds is 8. The minimum absolute atomic E-state index is 0.493. The lowest BCUT2D eigenvalue weighted by Crippen LogP contribution is -2.28. The maximum atomic E-state index is 6.47. The van der Waals surface area contributed by atoms with Gasteiger partial charge in [-0.2, -0.15) is 0 Å². The predicted octanol–water partition coefficient (Wildman–Crippen LogP) is 4.52. The minimum atomic E-state index is 0.493. The highest BCUT2D eigenvalue weighted by Gasteiger charge is 2.21. The summed E-state index contributed by atoms with van der Waals surface area (Å²) in [5, 5.41) is 4.59.